The molecule has 0 spiro atoms. The van der Waals surface area contributed by atoms with Crippen molar-refractivity contribution in [2.24, 2.45) is 0 Å². The number of ketones is 1. The molecule has 96 valence electrons. The summed E-state index contributed by atoms with van der Waals surface area (Å²) in [6, 6.07) is 0. The van der Waals surface area contributed by atoms with Gasteiger partial charge < -0.3 is 20.4 Å². The second-order valence-corrected chi connectivity index (χ2v) is 4.09. The van der Waals surface area contributed by atoms with Gasteiger partial charge in [0.05, 0.1) is 6.10 Å². The summed E-state index contributed by atoms with van der Waals surface area (Å²) < 4.78 is 0. The molecule has 0 aromatic heterocycles. The predicted octanol–water partition coefficient (Wildman–Crippen LogP) is -0.401. The summed E-state index contributed by atoms with van der Waals surface area (Å²) in [5.41, 5.74) is 0. The Kier molecular flexibility index (Phi) is 7.49. The van der Waals surface area contributed by atoms with Crippen LogP contribution in [-0.2, 0) is 4.79 Å². The first kappa shape index (κ1) is 15.5. The highest BCUT2D eigenvalue weighted by Crippen LogP contribution is 2.09. The van der Waals surface area contributed by atoms with Gasteiger partial charge in [-0.3, -0.25) is 4.79 Å². The molecule has 0 aliphatic rings. The Labute approximate surface area is 95.7 Å². The molecule has 0 rings (SSSR count). The maximum Gasteiger partial charge on any atom is 0.164 e. The zero-order chi connectivity index (χ0) is 12.7. The Morgan fingerprint density at radius 3 is 2.06 bits per heavy atom. The van der Waals surface area contributed by atoms with E-state index in [0.29, 0.717) is 6.42 Å². The van der Waals surface area contributed by atoms with Gasteiger partial charge in [-0.2, -0.15) is 0 Å². The third-order valence-corrected chi connectivity index (χ3v) is 2.52. The third-order valence-electron chi connectivity index (χ3n) is 2.52. The summed E-state index contributed by atoms with van der Waals surface area (Å²) in [4.78, 5) is 11.4. The third kappa shape index (κ3) is 5.03. The van der Waals surface area contributed by atoms with Gasteiger partial charge in [0.15, 0.2) is 5.78 Å². The number of aliphatic hydroxyl groups is 4. The summed E-state index contributed by atoms with van der Waals surface area (Å²) in [7, 11) is 0. The van der Waals surface area contributed by atoms with Crippen LogP contribution in [0.1, 0.15) is 39.5 Å². The van der Waals surface area contributed by atoms with Crippen molar-refractivity contribution in [2.75, 3.05) is 0 Å². The van der Waals surface area contributed by atoms with Crippen molar-refractivity contribution >= 4 is 5.78 Å². The van der Waals surface area contributed by atoms with E-state index in [9.17, 15) is 20.1 Å². The zero-order valence-corrected chi connectivity index (χ0v) is 9.83. The van der Waals surface area contributed by atoms with Gasteiger partial charge >= 0.3 is 0 Å². The van der Waals surface area contributed by atoms with Crippen molar-refractivity contribution in [3.63, 3.8) is 0 Å². The van der Waals surface area contributed by atoms with Gasteiger partial charge in [0, 0.05) is 6.42 Å². The lowest BCUT2D eigenvalue weighted by atomic mass is 9.98. The molecule has 0 bridgehead atoms. The summed E-state index contributed by atoms with van der Waals surface area (Å²) in [6.45, 7) is 3.27. The second-order valence-electron chi connectivity index (χ2n) is 4.09. The molecule has 0 aliphatic heterocycles. The number of carbonyl (C=O) groups is 1. The molecule has 0 radical (unpaired) electrons. The van der Waals surface area contributed by atoms with Crippen molar-refractivity contribution in [1.29, 1.82) is 0 Å². The van der Waals surface area contributed by atoms with E-state index in [2.05, 4.69) is 0 Å². The van der Waals surface area contributed by atoms with Crippen LogP contribution >= 0.6 is 0 Å². The van der Waals surface area contributed by atoms with E-state index < -0.39 is 30.2 Å². The van der Waals surface area contributed by atoms with Crippen LogP contribution in [0.25, 0.3) is 0 Å². The quantitative estimate of drug-likeness (QED) is 0.428. The number of carbonyl (C=O) groups excluding carboxylic acids is 1. The van der Waals surface area contributed by atoms with E-state index in [1.165, 1.54) is 6.92 Å². The molecule has 0 aliphatic carbocycles. The SMILES string of the molecule is CCCCCC(=O)[C@H](O)[C@H](O)[C@@H](O)[C@H](C)O. The van der Waals surface area contributed by atoms with E-state index in [-0.39, 0.29) is 6.42 Å². The summed E-state index contributed by atoms with van der Waals surface area (Å²) in [6.07, 6.45) is -3.27. The molecule has 16 heavy (non-hydrogen) atoms. The normalized spacial score (nSPS) is 18.9. The van der Waals surface area contributed by atoms with Crippen molar-refractivity contribution in [3.05, 3.63) is 0 Å². The number of Topliss-reactive ketones (excluding diaryl/α,β-unsaturated/α-hetero) is 1. The van der Waals surface area contributed by atoms with E-state index in [4.69, 9.17) is 5.11 Å². The summed E-state index contributed by atoms with van der Waals surface area (Å²) >= 11 is 0. The maximum absolute atomic E-state index is 11.4. The Bertz CT molecular complexity index is 205. The van der Waals surface area contributed by atoms with Crippen LogP contribution in [0, 0.1) is 0 Å². The van der Waals surface area contributed by atoms with Gasteiger partial charge in [-0.1, -0.05) is 19.8 Å². The number of unbranched alkanes of at least 4 members (excludes halogenated alkanes) is 2. The fourth-order valence-corrected chi connectivity index (χ4v) is 1.36. The van der Waals surface area contributed by atoms with E-state index >= 15 is 0 Å². The number of aliphatic hydroxyl groups excluding tert-OH is 4. The first-order chi connectivity index (χ1) is 7.41. The average Bonchev–Trinajstić information content (AvgIpc) is 2.26. The minimum absolute atomic E-state index is 0.179. The van der Waals surface area contributed by atoms with E-state index in [1.54, 1.807) is 0 Å². The molecule has 0 heterocycles. The highest BCUT2D eigenvalue weighted by atomic mass is 16.4. The predicted molar refractivity (Wildman–Crippen MR) is 58.9 cm³/mol. The van der Waals surface area contributed by atoms with Crippen molar-refractivity contribution in [1.82, 2.24) is 0 Å². The van der Waals surface area contributed by atoms with Crippen LogP contribution in [0.5, 0.6) is 0 Å². The van der Waals surface area contributed by atoms with E-state index in [0.717, 1.165) is 12.8 Å². The lowest BCUT2D eigenvalue weighted by molar-refractivity contribution is -0.143. The monoisotopic (exact) mass is 234 g/mol. The molecule has 5 heteroatoms. The minimum atomic E-state index is -1.63. The van der Waals surface area contributed by atoms with Crippen molar-refractivity contribution in [3.8, 4) is 0 Å². The molecular weight excluding hydrogens is 212 g/mol. The van der Waals surface area contributed by atoms with Crippen molar-refractivity contribution in [2.45, 2.75) is 63.9 Å². The molecule has 5 nitrogen and oxygen atoms in total. The number of hydrogen-bond donors (Lipinski definition) is 4. The lowest BCUT2D eigenvalue weighted by Gasteiger charge is -2.23. The number of rotatable bonds is 8. The molecule has 0 saturated carbocycles. The minimum Gasteiger partial charge on any atom is -0.391 e. The molecule has 0 unspecified atom stereocenters. The molecule has 0 aromatic carbocycles. The summed E-state index contributed by atoms with van der Waals surface area (Å²) in [5, 5.41) is 37.1. The summed E-state index contributed by atoms with van der Waals surface area (Å²) in [5.74, 6) is -0.499. The molecule has 0 amide bonds. The largest absolute Gasteiger partial charge is 0.391 e. The molecule has 0 fully saturated rings. The Hall–Kier alpha value is -0.490. The zero-order valence-electron chi connectivity index (χ0n) is 9.83. The van der Waals surface area contributed by atoms with E-state index in [1.807, 2.05) is 6.92 Å². The Morgan fingerprint density at radius 1 is 1.06 bits per heavy atom. The van der Waals surface area contributed by atoms with Gasteiger partial charge in [0.25, 0.3) is 0 Å². The molecular formula is C11H22O5. The maximum atomic E-state index is 11.4. The highest BCUT2D eigenvalue weighted by molar-refractivity contribution is 5.83. The van der Waals surface area contributed by atoms with Gasteiger partial charge in [0.2, 0.25) is 0 Å². The van der Waals surface area contributed by atoms with Crippen LogP contribution in [0.2, 0.25) is 0 Å². The smallest absolute Gasteiger partial charge is 0.164 e. The molecule has 4 N–H and O–H groups in total. The van der Waals surface area contributed by atoms with Crippen LogP contribution in [-0.4, -0.2) is 50.6 Å². The Morgan fingerprint density at radius 2 is 1.62 bits per heavy atom. The van der Waals surface area contributed by atoms with Gasteiger partial charge in [-0.25, -0.2) is 0 Å². The van der Waals surface area contributed by atoms with Crippen LogP contribution in [0.15, 0.2) is 0 Å². The van der Waals surface area contributed by atoms with Gasteiger partial charge in [-0.05, 0) is 13.3 Å². The highest BCUT2D eigenvalue weighted by Gasteiger charge is 2.31. The standard InChI is InChI=1S/C11H22O5/c1-3-4-5-6-8(13)10(15)11(16)9(14)7(2)12/h7,9-12,14-16H,3-6H2,1-2H3/t7-,9-,10-,11+/m0/s1. The fourth-order valence-electron chi connectivity index (χ4n) is 1.36. The van der Waals surface area contributed by atoms with Crippen LogP contribution in [0.4, 0.5) is 0 Å². The number of hydrogen-bond acceptors (Lipinski definition) is 5. The second kappa shape index (κ2) is 7.73. The first-order valence-electron chi connectivity index (χ1n) is 5.66. The lowest BCUT2D eigenvalue weighted by Crippen LogP contribution is -2.46. The molecule has 4 atom stereocenters. The van der Waals surface area contributed by atoms with Crippen LogP contribution < -0.4 is 0 Å². The molecule has 0 saturated heterocycles. The fraction of sp³-hybridized carbons (Fsp3) is 0.909. The first-order valence-corrected chi connectivity index (χ1v) is 5.66. The van der Waals surface area contributed by atoms with Gasteiger partial charge in [0.1, 0.15) is 18.3 Å². The Balaban J connectivity index is 4.10. The van der Waals surface area contributed by atoms with Crippen LogP contribution in [0.3, 0.4) is 0 Å². The van der Waals surface area contributed by atoms with Gasteiger partial charge in [-0.15, -0.1) is 0 Å². The molecule has 0 aromatic rings. The van der Waals surface area contributed by atoms with Crippen molar-refractivity contribution < 1.29 is 25.2 Å². The average molecular weight is 234 g/mol. The topological polar surface area (TPSA) is 98.0 Å².